The highest BCUT2D eigenvalue weighted by atomic mass is 16.5. The highest BCUT2D eigenvalue weighted by molar-refractivity contribution is 6.01. The Kier molecular flexibility index (Phi) is 9.03. The van der Waals surface area contributed by atoms with Gasteiger partial charge in [-0.25, -0.2) is 0 Å². The lowest BCUT2D eigenvalue weighted by Crippen LogP contribution is -2.50. The monoisotopic (exact) mass is 508 g/mol. The zero-order valence-electron chi connectivity index (χ0n) is 22.2. The molecule has 8 heteroatoms. The van der Waals surface area contributed by atoms with Gasteiger partial charge in [-0.2, -0.15) is 0 Å². The van der Waals surface area contributed by atoms with Crippen LogP contribution >= 0.6 is 0 Å². The summed E-state index contributed by atoms with van der Waals surface area (Å²) in [6.07, 6.45) is 7.49. The maximum Gasteiger partial charge on any atom is 0.250 e. The topological polar surface area (TPSA) is 97.9 Å². The van der Waals surface area contributed by atoms with Crippen molar-refractivity contribution in [3.8, 4) is 5.75 Å². The second kappa shape index (κ2) is 12.4. The fourth-order valence-electron chi connectivity index (χ4n) is 5.65. The number of hydrogen-bond acceptors (Lipinski definition) is 5. The summed E-state index contributed by atoms with van der Waals surface area (Å²) in [7, 11) is 1.64. The van der Waals surface area contributed by atoms with Gasteiger partial charge in [0.2, 0.25) is 5.91 Å². The van der Waals surface area contributed by atoms with Gasteiger partial charge in [0.15, 0.2) is 5.78 Å². The molecule has 0 unspecified atom stereocenters. The number of ketones is 1. The number of carbonyl (C=O) groups is 3. The van der Waals surface area contributed by atoms with E-state index in [2.05, 4.69) is 4.90 Å². The number of primary amides is 1. The fourth-order valence-corrected chi connectivity index (χ4v) is 5.65. The van der Waals surface area contributed by atoms with Gasteiger partial charge in [0, 0.05) is 44.8 Å². The van der Waals surface area contributed by atoms with Crippen LogP contribution in [-0.4, -0.2) is 71.8 Å². The molecule has 1 saturated heterocycles. The van der Waals surface area contributed by atoms with Gasteiger partial charge in [0.05, 0.1) is 24.9 Å². The van der Waals surface area contributed by atoms with Crippen LogP contribution in [0.3, 0.4) is 0 Å². The van der Waals surface area contributed by atoms with Gasteiger partial charge in [-0.15, -0.1) is 0 Å². The van der Waals surface area contributed by atoms with Crippen molar-refractivity contribution in [2.24, 2.45) is 11.7 Å². The molecule has 1 aromatic heterocycles. The first kappa shape index (κ1) is 26.9. The van der Waals surface area contributed by atoms with Crippen molar-refractivity contribution >= 4 is 17.6 Å². The van der Waals surface area contributed by atoms with E-state index < -0.39 is 5.91 Å². The Labute approximate surface area is 219 Å². The van der Waals surface area contributed by atoms with E-state index in [-0.39, 0.29) is 18.2 Å². The minimum Gasteiger partial charge on any atom is -0.497 e. The second-order valence-electron chi connectivity index (χ2n) is 10.4. The number of aromatic nitrogens is 1. The van der Waals surface area contributed by atoms with Crippen LogP contribution in [0.5, 0.6) is 5.75 Å². The molecule has 0 spiro atoms. The molecule has 8 nitrogen and oxygen atoms in total. The van der Waals surface area contributed by atoms with Gasteiger partial charge in [0.25, 0.3) is 5.91 Å². The van der Waals surface area contributed by atoms with Crippen molar-refractivity contribution < 1.29 is 19.1 Å². The molecule has 4 rings (SSSR count). The van der Waals surface area contributed by atoms with E-state index in [0.29, 0.717) is 68.4 Å². The summed E-state index contributed by atoms with van der Waals surface area (Å²) >= 11 is 0. The van der Waals surface area contributed by atoms with Crippen molar-refractivity contribution in [2.45, 2.75) is 58.4 Å². The zero-order valence-corrected chi connectivity index (χ0v) is 22.2. The Morgan fingerprint density at radius 2 is 1.68 bits per heavy atom. The summed E-state index contributed by atoms with van der Waals surface area (Å²) in [6.45, 7) is 5.32. The smallest absolute Gasteiger partial charge is 0.250 e. The largest absolute Gasteiger partial charge is 0.497 e. The normalized spacial score (nSPS) is 17.1. The molecule has 2 fully saturated rings. The lowest BCUT2D eigenvalue weighted by atomic mass is 9.86. The number of methoxy groups -OCH3 is 1. The number of nitrogens with zero attached hydrogens (tertiary/aromatic N) is 3. The van der Waals surface area contributed by atoms with E-state index in [1.54, 1.807) is 13.2 Å². The highest BCUT2D eigenvalue weighted by Crippen LogP contribution is 2.27. The summed E-state index contributed by atoms with van der Waals surface area (Å²) in [6, 6.07) is 9.47. The second-order valence-corrected chi connectivity index (χ2v) is 10.4. The number of piperazine rings is 1. The summed E-state index contributed by atoms with van der Waals surface area (Å²) in [5.41, 5.74) is 8.32. The zero-order chi connectivity index (χ0) is 26.4. The molecule has 2 aliphatic rings. The maximum atomic E-state index is 13.4. The number of Topliss-reactive ketones (excluding diaryl/α,β-unsaturated/α-hetero) is 1. The lowest BCUT2D eigenvalue weighted by Gasteiger charge is -2.35. The molecule has 2 amide bonds. The van der Waals surface area contributed by atoms with Gasteiger partial charge in [-0.3, -0.25) is 19.3 Å². The number of carbonyl (C=O) groups excluding carboxylic acids is 3. The van der Waals surface area contributed by atoms with Crippen molar-refractivity contribution in [1.82, 2.24) is 14.4 Å². The predicted molar refractivity (Wildman–Crippen MR) is 143 cm³/mol. The predicted octanol–water partition coefficient (Wildman–Crippen LogP) is 3.44. The van der Waals surface area contributed by atoms with Crippen molar-refractivity contribution in [2.75, 3.05) is 39.8 Å². The van der Waals surface area contributed by atoms with Crippen LogP contribution in [0.2, 0.25) is 0 Å². The van der Waals surface area contributed by atoms with Crippen LogP contribution in [0, 0.1) is 12.8 Å². The van der Waals surface area contributed by atoms with Gasteiger partial charge >= 0.3 is 0 Å². The number of rotatable bonds is 10. The number of ether oxygens (including phenoxy) is 1. The van der Waals surface area contributed by atoms with E-state index in [0.717, 1.165) is 11.3 Å². The molecule has 1 aliphatic heterocycles. The Hall–Kier alpha value is -3.13. The van der Waals surface area contributed by atoms with Gasteiger partial charge in [0.1, 0.15) is 5.75 Å². The molecule has 37 heavy (non-hydrogen) atoms. The molecule has 200 valence electrons. The Morgan fingerprint density at radius 3 is 2.30 bits per heavy atom. The first-order chi connectivity index (χ1) is 17.9. The number of benzene rings is 1. The first-order valence-electron chi connectivity index (χ1n) is 13.5. The summed E-state index contributed by atoms with van der Waals surface area (Å²) in [4.78, 5) is 42.2. The lowest BCUT2D eigenvalue weighted by molar-refractivity contribution is -0.134. The molecule has 1 aromatic carbocycles. The molecule has 0 bridgehead atoms. The third-order valence-corrected chi connectivity index (χ3v) is 7.98. The van der Waals surface area contributed by atoms with Crippen molar-refractivity contribution in [3.63, 3.8) is 0 Å². The Morgan fingerprint density at radius 1 is 1.00 bits per heavy atom. The van der Waals surface area contributed by atoms with Crippen molar-refractivity contribution in [3.05, 3.63) is 52.8 Å². The standard InChI is InChI=1S/C29H40N4O4/c1-21-25(29(30)36)19-26(33(21)13-12-22-8-10-24(37-2)11-9-22)27(34)20-31-14-16-32(17-15-31)28(35)18-23-6-4-3-5-7-23/h8-11,19,23H,3-7,12-18,20H2,1-2H3,(H2,30,36). The summed E-state index contributed by atoms with van der Waals surface area (Å²) in [5.74, 6) is 1.02. The molecule has 1 aliphatic carbocycles. The average Bonchev–Trinajstić information content (AvgIpc) is 3.25. The van der Waals surface area contributed by atoms with Crippen LogP contribution in [0.25, 0.3) is 0 Å². The molecule has 0 radical (unpaired) electrons. The third-order valence-electron chi connectivity index (χ3n) is 7.98. The third kappa shape index (κ3) is 6.80. The molecule has 2 heterocycles. The molecule has 1 saturated carbocycles. The van der Waals surface area contributed by atoms with Crippen molar-refractivity contribution in [1.29, 1.82) is 0 Å². The highest BCUT2D eigenvalue weighted by Gasteiger charge is 2.27. The average molecular weight is 509 g/mol. The van der Waals surface area contributed by atoms with Crippen LogP contribution in [0.15, 0.2) is 30.3 Å². The number of amides is 2. The van der Waals surface area contributed by atoms with E-state index in [1.807, 2.05) is 40.7 Å². The van der Waals surface area contributed by atoms with E-state index in [1.165, 1.54) is 32.1 Å². The minimum absolute atomic E-state index is 0.0349. The summed E-state index contributed by atoms with van der Waals surface area (Å²) in [5, 5.41) is 0. The van der Waals surface area contributed by atoms with Crippen LogP contribution in [-0.2, 0) is 17.8 Å². The van der Waals surface area contributed by atoms with E-state index in [9.17, 15) is 14.4 Å². The molecular formula is C29H40N4O4. The minimum atomic E-state index is -0.528. The number of aryl methyl sites for hydroxylation is 1. The molecule has 2 N–H and O–H groups in total. The van der Waals surface area contributed by atoms with Gasteiger partial charge in [-0.05, 0) is 55.9 Å². The maximum absolute atomic E-state index is 13.4. The van der Waals surface area contributed by atoms with Gasteiger partial charge < -0.3 is 19.9 Å². The molecular weight excluding hydrogens is 468 g/mol. The van der Waals surface area contributed by atoms with Crippen LogP contribution < -0.4 is 10.5 Å². The Balaban J connectivity index is 1.36. The SMILES string of the molecule is COc1ccc(CCn2c(C(=O)CN3CCN(C(=O)CC4CCCCC4)CC3)cc(C(N)=O)c2C)cc1. The Bertz CT molecular complexity index is 1090. The quantitative estimate of drug-likeness (QED) is 0.496. The van der Waals surface area contributed by atoms with Gasteiger partial charge in [-0.1, -0.05) is 31.4 Å². The van der Waals surface area contributed by atoms with E-state index >= 15 is 0 Å². The summed E-state index contributed by atoms with van der Waals surface area (Å²) < 4.78 is 7.14. The first-order valence-corrected chi connectivity index (χ1v) is 13.5. The number of nitrogens with two attached hydrogens (primary N) is 1. The van der Waals surface area contributed by atoms with Crippen LogP contribution in [0.4, 0.5) is 0 Å². The van der Waals surface area contributed by atoms with E-state index in [4.69, 9.17) is 10.5 Å². The fraction of sp³-hybridized carbons (Fsp3) is 0.552. The number of hydrogen-bond donors (Lipinski definition) is 1. The van der Waals surface area contributed by atoms with Crippen LogP contribution in [0.1, 0.15) is 70.6 Å². The molecule has 0 atom stereocenters. The molecule has 2 aromatic rings.